The number of amides is 1. The van der Waals surface area contributed by atoms with Crippen molar-refractivity contribution in [3.05, 3.63) is 59.7 Å². The van der Waals surface area contributed by atoms with Crippen LogP contribution in [0, 0.1) is 11.7 Å². The molecule has 3 atom stereocenters. The van der Waals surface area contributed by atoms with E-state index in [0.717, 1.165) is 37.9 Å². The van der Waals surface area contributed by atoms with Gasteiger partial charge in [-0.15, -0.1) is 0 Å². The highest BCUT2D eigenvalue weighted by molar-refractivity contribution is 5.95. The Kier molecular flexibility index (Phi) is 4.31. The predicted molar refractivity (Wildman–Crippen MR) is 103 cm³/mol. The minimum Gasteiger partial charge on any atom is -0.497 e. The van der Waals surface area contributed by atoms with Gasteiger partial charge in [-0.2, -0.15) is 0 Å². The Balaban J connectivity index is 1.52. The fourth-order valence-electron chi connectivity index (χ4n) is 5.50. The van der Waals surface area contributed by atoms with Crippen LogP contribution in [-0.4, -0.2) is 59.5 Å². The number of carbonyl (C=O) groups is 1. The molecule has 1 amide bonds. The van der Waals surface area contributed by atoms with E-state index in [9.17, 15) is 9.18 Å². The van der Waals surface area contributed by atoms with Gasteiger partial charge in [0.25, 0.3) is 5.91 Å². The lowest BCUT2D eigenvalue weighted by Crippen LogP contribution is -2.60. The van der Waals surface area contributed by atoms with E-state index < -0.39 is 5.82 Å². The molecule has 4 fully saturated rings. The van der Waals surface area contributed by atoms with Gasteiger partial charge >= 0.3 is 0 Å². The van der Waals surface area contributed by atoms with Gasteiger partial charge in [0, 0.05) is 24.7 Å². The second-order valence-electron chi connectivity index (χ2n) is 8.05. The number of carbonyl (C=O) groups excluding carboxylic acids is 1. The van der Waals surface area contributed by atoms with E-state index >= 15 is 0 Å². The van der Waals surface area contributed by atoms with E-state index in [1.54, 1.807) is 7.11 Å². The van der Waals surface area contributed by atoms with E-state index in [2.05, 4.69) is 22.0 Å². The number of rotatable bonds is 3. The second kappa shape index (κ2) is 6.85. The van der Waals surface area contributed by atoms with E-state index in [4.69, 9.17) is 4.74 Å². The Hall–Kier alpha value is -2.47. The smallest absolute Gasteiger partial charge is 0.257 e. The second-order valence-corrected chi connectivity index (χ2v) is 8.05. The number of fused-ring (bicyclic) bond motifs is 2. The molecule has 0 unspecified atom stereocenters. The first kappa shape index (κ1) is 17.6. The largest absolute Gasteiger partial charge is 0.497 e. The van der Waals surface area contributed by atoms with Gasteiger partial charge < -0.3 is 9.64 Å². The lowest BCUT2D eigenvalue weighted by molar-refractivity contribution is -0.00354. The highest BCUT2D eigenvalue weighted by Crippen LogP contribution is 2.47. The van der Waals surface area contributed by atoms with Crippen molar-refractivity contribution in [2.75, 3.05) is 26.7 Å². The van der Waals surface area contributed by atoms with Crippen molar-refractivity contribution in [1.29, 1.82) is 0 Å². The molecule has 2 aromatic rings. The Morgan fingerprint density at radius 3 is 2.57 bits per heavy atom. The van der Waals surface area contributed by atoms with Crippen molar-refractivity contribution >= 4 is 5.91 Å². The van der Waals surface area contributed by atoms with Gasteiger partial charge in [0.1, 0.15) is 5.75 Å². The van der Waals surface area contributed by atoms with Crippen LogP contribution in [0.3, 0.4) is 0 Å². The normalized spacial score (nSPS) is 30.9. The lowest BCUT2D eigenvalue weighted by Gasteiger charge is -2.51. The molecule has 0 N–H and O–H groups in total. The summed E-state index contributed by atoms with van der Waals surface area (Å²) in [4.78, 5) is 21.6. The van der Waals surface area contributed by atoms with E-state index in [1.165, 1.54) is 17.8 Å². The summed E-state index contributed by atoms with van der Waals surface area (Å²) in [6.45, 7) is 2.80. The van der Waals surface area contributed by atoms with Crippen LogP contribution in [0.2, 0.25) is 0 Å². The third-order valence-corrected chi connectivity index (χ3v) is 6.80. The van der Waals surface area contributed by atoms with Crippen molar-refractivity contribution < 1.29 is 13.9 Å². The molecule has 28 heavy (non-hydrogen) atoms. The van der Waals surface area contributed by atoms with Gasteiger partial charge in [0.2, 0.25) is 0 Å². The number of aromatic nitrogens is 1. The van der Waals surface area contributed by atoms with Crippen molar-refractivity contribution in [3.63, 3.8) is 0 Å². The fourth-order valence-corrected chi connectivity index (χ4v) is 5.50. The van der Waals surface area contributed by atoms with E-state index in [-0.39, 0.29) is 23.4 Å². The number of likely N-dealkylation sites (tertiary alicyclic amines) is 1. The number of benzene rings is 1. The van der Waals surface area contributed by atoms with Crippen LogP contribution in [0.5, 0.6) is 5.75 Å². The highest BCUT2D eigenvalue weighted by atomic mass is 19.1. The van der Waals surface area contributed by atoms with Gasteiger partial charge in [-0.25, -0.2) is 4.39 Å². The molecule has 4 saturated heterocycles. The van der Waals surface area contributed by atoms with E-state index in [0.29, 0.717) is 18.5 Å². The maximum atomic E-state index is 14.3. The predicted octanol–water partition coefficient (Wildman–Crippen LogP) is 2.93. The first-order valence-electron chi connectivity index (χ1n) is 9.96. The molecule has 4 aliphatic rings. The number of methoxy groups -OCH3 is 1. The summed E-state index contributed by atoms with van der Waals surface area (Å²) in [5, 5.41) is 0. The zero-order valence-electron chi connectivity index (χ0n) is 15.9. The minimum atomic E-state index is -0.543. The molecule has 146 valence electrons. The summed E-state index contributed by atoms with van der Waals surface area (Å²) in [5.41, 5.74) is 1.34. The molecule has 6 rings (SSSR count). The monoisotopic (exact) mass is 381 g/mol. The van der Waals surface area contributed by atoms with Crippen molar-refractivity contribution in [3.8, 4) is 5.75 Å². The van der Waals surface area contributed by atoms with Crippen LogP contribution < -0.4 is 4.74 Å². The molecule has 2 bridgehead atoms. The van der Waals surface area contributed by atoms with Crippen LogP contribution in [0.15, 0.2) is 42.7 Å². The number of piperidine rings is 3. The molecular weight excluding hydrogens is 357 g/mol. The molecule has 1 aromatic carbocycles. The lowest BCUT2D eigenvalue weighted by atomic mass is 9.75. The Morgan fingerprint density at radius 1 is 1.14 bits per heavy atom. The van der Waals surface area contributed by atoms with E-state index in [1.807, 2.05) is 17.0 Å². The van der Waals surface area contributed by atoms with Crippen LogP contribution in [-0.2, 0) is 0 Å². The third-order valence-electron chi connectivity index (χ3n) is 6.80. The van der Waals surface area contributed by atoms with Crippen LogP contribution >= 0.6 is 0 Å². The molecule has 5 heterocycles. The quantitative estimate of drug-likeness (QED) is 0.820. The molecule has 5 nitrogen and oxygen atoms in total. The summed E-state index contributed by atoms with van der Waals surface area (Å²) < 4.78 is 19.6. The molecule has 1 aromatic heterocycles. The standard InChI is InChI=1S/C22H24FN3O2/c1-28-16-4-2-14(3-5-16)18-13-26(22(27)17-6-9-24-12-19(17)23)20-15-7-10-25(11-8-15)21(18)20/h2-6,9,12,15,18,20-21H,7-8,10-11,13H2,1H3/t18-,20+,21+/m0/s1. The number of hydrogen-bond acceptors (Lipinski definition) is 4. The maximum absolute atomic E-state index is 14.3. The molecule has 4 aliphatic heterocycles. The SMILES string of the molecule is COc1ccc([C@@H]2CN(C(=O)c3ccncc3F)[C@@H]3C4CCN(CC4)[C@@H]32)cc1. The van der Waals surface area contributed by atoms with Crippen molar-refractivity contribution in [2.45, 2.75) is 30.8 Å². The molecule has 0 spiro atoms. The zero-order valence-corrected chi connectivity index (χ0v) is 15.9. The molecule has 0 saturated carbocycles. The minimum absolute atomic E-state index is 0.126. The maximum Gasteiger partial charge on any atom is 0.257 e. The van der Waals surface area contributed by atoms with Crippen molar-refractivity contribution in [2.24, 2.45) is 5.92 Å². The number of pyridine rings is 1. The summed E-state index contributed by atoms with van der Waals surface area (Å²) in [6.07, 6.45) is 4.83. The number of ether oxygens (including phenoxy) is 1. The summed E-state index contributed by atoms with van der Waals surface area (Å²) in [6, 6.07) is 10.1. The van der Waals surface area contributed by atoms with Gasteiger partial charge in [0.05, 0.1) is 24.9 Å². The van der Waals surface area contributed by atoms with Gasteiger partial charge in [0.15, 0.2) is 5.82 Å². The van der Waals surface area contributed by atoms with Gasteiger partial charge in [-0.1, -0.05) is 12.1 Å². The molecule has 0 aliphatic carbocycles. The average molecular weight is 381 g/mol. The fraction of sp³-hybridized carbons (Fsp3) is 0.455. The topological polar surface area (TPSA) is 45.7 Å². The van der Waals surface area contributed by atoms with Crippen LogP contribution in [0.1, 0.15) is 34.7 Å². The average Bonchev–Trinajstić information content (AvgIpc) is 3.17. The number of halogens is 1. The van der Waals surface area contributed by atoms with Crippen LogP contribution in [0.25, 0.3) is 0 Å². The summed E-state index contributed by atoms with van der Waals surface area (Å²) in [7, 11) is 1.66. The molecule has 6 heteroatoms. The number of nitrogens with zero attached hydrogens (tertiary/aromatic N) is 3. The third kappa shape index (κ3) is 2.70. The molecule has 0 radical (unpaired) electrons. The van der Waals surface area contributed by atoms with Crippen molar-refractivity contribution in [1.82, 2.24) is 14.8 Å². The summed E-state index contributed by atoms with van der Waals surface area (Å²) in [5.74, 6) is 0.799. The summed E-state index contributed by atoms with van der Waals surface area (Å²) >= 11 is 0. The Bertz CT molecular complexity index is 880. The Labute approximate surface area is 164 Å². The van der Waals surface area contributed by atoms with Gasteiger partial charge in [-0.05, 0) is 55.6 Å². The Morgan fingerprint density at radius 2 is 1.89 bits per heavy atom. The number of hydrogen-bond donors (Lipinski definition) is 0. The first-order valence-corrected chi connectivity index (χ1v) is 9.96. The molecular formula is C22H24FN3O2. The van der Waals surface area contributed by atoms with Crippen LogP contribution in [0.4, 0.5) is 4.39 Å². The zero-order chi connectivity index (χ0) is 19.3. The van der Waals surface area contributed by atoms with Gasteiger partial charge in [-0.3, -0.25) is 14.7 Å². The first-order chi connectivity index (χ1) is 13.7. The highest BCUT2D eigenvalue weighted by Gasteiger charge is 2.54.